The van der Waals surface area contributed by atoms with Crippen LogP contribution in [0.1, 0.15) is 31.2 Å². The number of amides is 1. The number of hydrogen-bond donors (Lipinski definition) is 1. The summed E-state index contributed by atoms with van der Waals surface area (Å²) < 4.78 is 84.3. The van der Waals surface area contributed by atoms with Crippen molar-refractivity contribution >= 4 is 32.8 Å². The van der Waals surface area contributed by atoms with Gasteiger partial charge in [0.2, 0.25) is 5.88 Å². The van der Waals surface area contributed by atoms with E-state index < -0.39 is 45.3 Å². The molecule has 1 atom stereocenters. The second-order valence-electron chi connectivity index (χ2n) is 9.47. The van der Waals surface area contributed by atoms with E-state index in [0.29, 0.717) is 28.3 Å². The van der Waals surface area contributed by atoms with Crippen LogP contribution in [0, 0.1) is 0 Å². The zero-order valence-electron chi connectivity index (χ0n) is 22.4. The van der Waals surface area contributed by atoms with Gasteiger partial charge in [-0.05, 0) is 32.0 Å². The Morgan fingerprint density at radius 2 is 1.68 bits per heavy atom. The first kappa shape index (κ1) is 29.7. The highest BCUT2D eigenvalue weighted by Gasteiger charge is 2.50. The molecule has 1 unspecified atom stereocenters. The van der Waals surface area contributed by atoms with Gasteiger partial charge in [0.25, 0.3) is 16.0 Å². The molecule has 0 bridgehead atoms. The van der Waals surface area contributed by atoms with Crippen LogP contribution >= 0.6 is 0 Å². The van der Waals surface area contributed by atoms with Crippen molar-refractivity contribution in [1.29, 1.82) is 0 Å². The highest BCUT2D eigenvalue weighted by molar-refractivity contribution is 7.86. The van der Waals surface area contributed by atoms with Gasteiger partial charge in [-0.1, -0.05) is 11.2 Å². The lowest BCUT2D eigenvalue weighted by molar-refractivity contribution is -0.181. The minimum absolute atomic E-state index is 0.0483. The van der Waals surface area contributed by atoms with Gasteiger partial charge in [0.15, 0.2) is 17.6 Å². The molecule has 3 aromatic heterocycles. The predicted molar refractivity (Wildman–Crippen MR) is 141 cm³/mol. The lowest BCUT2D eigenvalue weighted by Crippen LogP contribution is -2.36. The van der Waals surface area contributed by atoms with Gasteiger partial charge < -0.3 is 14.0 Å². The van der Waals surface area contributed by atoms with Crippen molar-refractivity contribution in [3.05, 3.63) is 60.0 Å². The Kier molecular flexibility index (Phi) is 7.96. The second-order valence-corrected chi connectivity index (χ2v) is 11.1. The molecule has 1 amide bonds. The highest BCUT2D eigenvalue weighted by atomic mass is 32.2. The molecule has 0 aliphatic carbocycles. The number of fused-ring (bicyclic) bond motifs is 1. The van der Waals surface area contributed by atoms with E-state index in [2.05, 4.69) is 20.4 Å². The Bertz CT molecular complexity index is 1690. The molecule has 41 heavy (non-hydrogen) atoms. The molecule has 0 saturated heterocycles. The molecule has 4 aromatic rings. The Balaban J connectivity index is 1.61. The fourth-order valence-corrected chi connectivity index (χ4v) is 4.26. The number of rotatable bonds is 9. The summed E-state index contributed by atoms with van der Waals surface area (Å²) in [5.41, 5.74) is -1.08. The Labute approximate surface area is 232 Å². The summed E-state index contributed by atoms with van der Waals surface area (Å²) in [6.45, 7) is 1.80. The predicted octanol–water partition coefficient (Wildman–Crippen LogP) is 4.80. The Hall–Kier alpha value is -4.24. The van der Waals surface area contributed by atoms with E-state index in [1.54, 1.807) is 18.3 Å². The number of hydrogen-bond acceptors (Lipinski definition) is 10. The standard InChI is InChI=1S/C26H25F3N4O7S/c1-25(2,26(27,28)29)21-11-22(39-33-21)32-24(34)23(40-41(5,35)36)14-6-7-17(30-12-14)16-8-15-9-19(37-3)20(38-4)10-18(15)31-13-16/h6-13,23H,1-5H3,(H,32,34). The fourth-order valence-electron chi connectivity index (χ4n) is 3.71. The quantitative estimate of drug-likeness (QED) is 0.269. The number of methoxy groups -OCH3 is 2. The zero-order chi connectivity index (χ0) is 30.2. The number of aromatic nitrogens is 3. The third-order valence-corrected chi connectivity index (χ3v) is 6.73. The molecule has 11 nitrogen and oxygen atoms in total. The van der Waals surface area contributed by atoms with Crippen LogP contribution in [-0.2, 0) is 24.5 Å². The van der Waals surface area contributed by atoms with Crippen LogP contribution in [0.3, 0.4) is 0 Å². The number of carbonyl (C=O) groups is 1. The van der Waals surface area contributed by atoms with E-state index in [0.717, 1.165) is 31.6 Å². The van der Waals surface area contributed by atoms with Crippen molar-refractivity contribution in [3.63, 3.8) is 0 Å². The lowest BCUT2D eigenvalue weighted by atomic mass is 9.89. The van der Waals surface area contributed by atoms with Gasteiger partial charge >= 0.3 is 6.18 Å². The van der Waals surface area contributed by atoms with Crippen molar-refractivity contribution in [2.24, 2.45) is 0 Å². The van der Waals surface area contributed by atoms with E-state index in [-0.39, 0.29) is 5.56 Å². The van der Waals surface area contributed by atoms with Crippen molar-refractivity contribution < 1.29 is 44.6 Å². The molecule has 4 rings (SSSR count). The topological polar surface area (TPSA) is 143 Å². The number of carbonyl (C=O) groups excluding carboxylic acids is 1. The molecule has 0 aliphatic heterocycles. The molecule has 0 aliphatic rings. The summed E-state index contributed by atoms with van der Waals surface area (Å²) in [5, 5.41) is 6.35. The molecule has 15 heteroatoms. The van der Waals surface area contributed by atoms with Gasteiger partial charge in [0.1, 0.15) is 11.1 Å². The summed E-state index contributed by atoms with van der Waals surface area (Å²) in [5.74, 6) is -0.437. The smallest absolute Gasteiger partial charge is 0.399 e. The van der Waals surface area contributed by atoms with Crippen LogP contribution in [-0.4, -0.2) is 56.1 Å². The first-order valence-electron chi connectivity index (χ1n) is 11.8. The summed E-state index contributed by atoms with van der Waals surface area (Å²) in [7, 11) is -1.13. The van der Waals surface area contributed by atoms with E-state index >= 15 is 0 Å². The molecule has 0 radical (unpaired) electrons. The fraction of sp³-hybridized carbons (Fsp3) is 0.308. The third kappa shape index (κ3) is 6.41. The van der Waals surface area contributed by atoms with Gasteiger partial charge in [0, 0.05) is 41.0 Å². The molecule has 1 N–H and O–H groups in total. The number of pyridine rings is 2. The number of halogens is 3. The average Bonchev–Trinajstić information content (AvgIpc) is 3.38. The zero-order valence-corrected chi connectivity index (χ0v) is 23.3. The van der Waals surface area contributed by atoms with Crippen LogP contribution in [0.5, 0.6) is 11.5 Å². The molecule has 0 saturated carbocycles. The van der Waals surface area contributed by atoms with Crippen LogP contribution in [0.15, 0.2) is 53.3 Å². The first-order valence-corrected chi connectivity index (χ1v) is 13.7. The third-order valence-electron chi connectivity index (χ3n) is 6.19. The van der Waals surface area contributed by atoms with Gasteiger partial charge in [0.05, 0.1) is 31.7 Å². The number of nitrogens with one attached hydrogen (secondary N) is 1. The maximum atomic E-state index is 13.3. The van der Waals surface area contributed by atoms with Gasteiger partial charge in [-0.2, -0.15) is 21.6 Å². The van der Waals surface area contributed by atoms with Crippen LogP contribution in [0.25, 0.3) is 22.2 Å². The molecule has 3 heterocycles. The van der Waals surface area contributed by atoms with Crippen molar-refractivity contribution in [2.75, 3.05) is 25.8 Å². The van der Waals surface area contributed by atoms with Crippen LogP contribution < -0.4 is 14.8 Å². The van der Waals surface area contributed by atoms with Gasteiger partial charge in [-0.15, -0.1) is 0 Å². The lowest BCUT2D eigenvalue weighted by Gasteiger charge is -2.24. The summed E-state index contributed by atoms with van der Waals surface area (Å²) in [6, 6.07) is 9.15. The minimum Gasteiger partial charge on any atom is -0.493 e. The summed E-state index contributed by atoms with van der Waals surface area (Å²) in [4.78, 5) is 21.7. The number of ether oxygens (including phenoxy) is 2. The van der Waals surface area contributed by atoms with Gasteiger partial charge in [-0.25, -0.2) is 0 Å². The first-order chi connectivity index (χ1) is 19.1. The summed E-state index contributed by atoms with van der Waals surface area (Å²) >= 11 is 0. The van der Waals surface area contributed by atoms with Crippen LogP contribution in [0.4, 0.5) is 19.1 Å². The van der Waals surface area contributed by atoms with E-state index in [1.807, 2.05) is 6.07 Å². The monoisotopic (exact) mass is 594 g/mol. The van der Waals surface area contributed by atoms with E-state index in [4.69, 9.17) is 18.2 Å². The van der Waals surface area contributed by atoms with Crippen molar-refractivity contribution in [3.8, 4) is 22.8 Å². The van der Waals surface area contributed by atoms with E-state index in [1.165, 1.54) is 32.5 Å². The maximum absolute atomic E-state index is 13.3. The summed E-state index contributed by atoms with van der Waals surface area (Å²) in [6.07, 6.45) is -2.81. The van der Waals surface area contributed by atoms with Crippen molar-refractivity contribution in [1.82, 2.24) is 15.1 Å². The molecular weight excluding hydrogens is 569 g/mol. The molecule has 0 fully saturated rings. The van der Waals surface area contributed by atoms with Gasteiger partial charge in [-0.3, -0.25) is 24.3 Å². The number of anilines is 1. The van der Waals surface area contributed by atoms with Crippen molar-refractivity contribution in [2.45, 2.75) is 31.5 Å². The molecule has 218 valence electrons. The highest BCUT2D eigenvalue weighted by Crippen LogP contribution is 2.40. The van der Waals surface area contributed by atoms with Crippen LogP contribution in [0.2, 0.25) is 0 Å². The minimum atomic E-state index is -4.64. The number of nitrogens with zero attached hydrogens (tertiary/aromatic N) is 3. The molecule has 1 aromatic carbocycles. The SMILES string of the molecule is COc1cc2cc(-c3ccc(C(OS(C)(=O)=O)C(=O)Nc4cc(C(C)(C)C(F)(F)F)no4)cn3)cnc2cc1OC. The molecule has 0 spiro atoms. The maximum Gasteiger partial charge on any atom is 0.399 e. The average molecular weight is 595 g/mol. The van der Waals surface area contributed by atoms with E-state index in [9.17, 15) is 26.4 Å². The largest absolute Gasteiger partial charge is 0.493 e. The molecular formula is C26H25F3N4O7S. The second kappa shape index (κ2) is 11.0. The number of benzene rings is 1. The normalized spacial score (nSPS) is 13.2. The number of alkyl halides is 3. The Morgan fingerprint density at radius 3 is 2.27 bits per heavy atom. The Morgan fingerprint density at radius 1 is 1.00 bits per heavy atom.